The van der Waals surface area contributed by atoms with Gasteiger partial charge in [0.05, 0.1) is 22.2 Å². The van der Waals surface area contributed by atoms with Gasteiger partial charge in [0.15, 0.2) is 5.82 Å². The molecule has 1 N–H and O–H groups in total. The minimum Gasteiger partial charge on any atom is -0.353 e. The molecule has 0 aliphatic carbocycles. The third-order valence-corrected chi connectivity index (χ3v) is 5.66. The van der Waals surface area contributed by atoms with Gasteiger partial charge in [-0.1, -0.05) is 0 Å². The lowest BCUT2D eigenvalue weighted by Gasteiger charge is -2.24. The van der Waals surface area contributed by atoms with Gasteiger partial charge >= 0.3 is 6.03 Å². The van der Waals surface area contributed by atoms with Gasteiger partial charge in [0.1, 0.15) is 17.5 Å². The molecule has 1 aliphatic rings. The second kappa shape index (κ2) is 8.07. The molecule has 3 heterocycles. The molecule has 0 unspecified atom stereocenters. The quantitative estimate of drug-likeness (QED) is 0.495. The number of urea groups is 1. The SMILES string of the molecule is O=C(Nc1ccc(F)cc1F)N1CCCN(c2nc3cc(F)ccc3n3cccc23)CC1. The van der Waals surface area contributed by atoms with Crippen LogP contribution >= 0.6 is 0 Å². The first-order valence-corrected chi connectivity index (χ1v) is 10.3. The smallest absolute Gasteiger partial charge is 0.321 e. The maximum absolute atomic E-state index is 13.9. The van der Waals surface area contributed by atoms with Crippen LogP contribution in [0.1, 0.15) is 6.42 Å². The molecule has 0 atom stereocenters. The number of hydrogen-bond donors (Lipinski definition) is 1. The summed E-state index contributed by atoms with van der Waals surface area (Å²) < 4.78 is 42.8. The number of rotatable bonds is 2. The van der Waals surface area contributed by atoms with Crippen LogP contribution in [-0.2, 0) is 0 Å². The van der Waals surface area contributed by atoms with Crippen LogP contribution in [0, 0.1) is 17.5 Å². The molecule has 0 bridgehead atoms. The highest BCUT2D eigenvalue weighted by molar-refractivity contribution is 5.89. The Hall–Kier alpha value is -3.75. The van der Waals surface area contributed by atoms with Gasteiger partial charge in [0.25, 0.3) is 0 Å². The predicted molar refractivity (Wildman–Crippen MR) is 116 cm³/mol. The highest BCUT2D eigenvalue weighted by atomic mass is 19.1. The fraction of sp³-hybridized carbons (Fsp3) is 0.217. The molecule has 164 valence electrons. The minimum atomic E-state index is -0.821. The molecule has 2 amide bonds. The molecule has 0 saturated carbocycles. The van der Waals surface area contributed by atoms with Crippen molar-refractivity contribution in [2.45, 2.75) is 6.42 Å². The van der Waals surface area contributed by atoms with E-state index in [9.17, 15) is 18.0 Å². The number of anilines is 2. The molecule has 2 aromatic carbocycles. The Balaban J connectivity index is 1.37. The van der Waals surface area contributed by atoms with Crippen LogP contribution in [0.25, 0.3) is 16.6 Å². The highest BCUT2D eigenvalue weighted by Crippen LogP contribution is 2.27. The molecular weight excluding hydrogens is 419 g/mol. The van der Waals surface area contributed by atoms with E-state index in [0.717, 1.165) is 29.0 Å². The Morgan fingerprint density at radius 1 is 0.906 bits per heavy atom. The lowest BCUT2D eigenvalue weighted by atomic mass is 10.2. The van der Waals surface area contributed by atoms with E-state index in [1.165, 1.54) is 18.2 Å². The van der Waals surface area contributed by atoms with E-state index >= 15 is 0 Å². The molecular formula is C23H20F3N5O. The van der Waals surface area contributed by atoms with Gasteiger partial charge in [-0.05, 0) is 42.8 Å². The van der Waals surface area contributed by atoms with E-state index < -0.39 is 17.7 Å². The van der Waals surface area contributed by atoms with Crippen LogP contribution in [0.4, 0.5) is 29.5 Å². The molecule has 5 rings (SSSR count). The second-order valence-corrected chi connectivity index (χ2v) is 7.71. The van der Waals surface area contributed by atoms with E-state index in [0.29, 0.717) is 38.1 Å². The number of benzene rings is 2. The van der Waals surface area contributed by atoms with Gasteiger partial charge in [0.2, 0.25) is 0 Å². The fourth-order valence-corrected chi connectivity index (χ4v) is 4.08. The van der Waals surface area contributed by atoms with E-state index in [4.69, 9.17) is 4.98 Å². The van der Waals surface area contributed by atoms with Crippen molar-refractivity contribution in [1.29, 1.82) is 0 Å². The average molecular weight is 439 g/mol. The molecule has 9 heteroatoms. The number of fused-ring (bicyclic) bond motifs is 3. The molecule has 1 aliphatic heterocycles. The number of hydrogen-bond acceptors (Lipinski definition) is 3. The number of carbonyl (C=O) groups excluding carboxylic acids is 1. The number of aromatic nitrogens is 2. The van der Waals surface area contributed by atoms with E-state index in [2.05, 4.69) is 10.2 Å². The fourth-order valence-electron chi connectivity index (χ4n) is 4.08. The van der Waals surface area contributed by atoms with Gasteiger partial charge in [-0.15, -0.1) is 0 Å². The van der Waals surface area contributed by atoms with Crippen molar-refractivity contribution in [2.75, 3.05) is 36.4 Å². The Morgan fingerprint density at radius 3 is 2.56 bits per heavy atom. The summed E-state index contributed by atoms with van der Waals surface area (Å²) in [6.45, 7) is 2.03. The molecule has 0 spiro atoms. The largest absolute Gasteiger partial charge is 0.353 e. The van der Waals surface area contributed by atoms with Gasteiger partial charge in [-0.25, -0.2) is 22.9 Å². The monoisotopic (exact) mass is 439 g/mol. The summed E-state index contributed by atoms with van der Waals surface area (Å²) in [4.78, 5) is 21.0. The summed E-state index contributed by atoms with van der Waals surface area (Å²) in [6.07, 6.45) is 2.59. The van der Waals surface area contributed by atoms with Crippen molar-refractivity contribution in [1.82, 2.24) is 14.3 Å². The highest BCUT2D eigenvalue weighted by Gasteiger charge is 2.23. The van der Waals surface area contributed by atoms with Crippen molar-refractivity contribution in [3.05, 3.63) is 72.2 Å². The zero-order valence-corrected chi connectivity index (χ0v) is 17.1. The maximum atomic E-state index is 13.9. The molecule has 2 aromatic heterocycles. The number of nitrogens with zero attached hydrogens (tertiary/aromatic N) is 4. The second-order valence-electron chi connectivity index (χ2n) is 7.71. The number of halogens is 3. The van der Waals surface area contributed by atoms with Gasteiger partial charge in [-0.3, -0.25) is 0 Å². The Bertz CT molecular complexity index is 1320. The van der Waals surface area contributed by atoms with Crippen LogP contribution in [-0.4, -0.2) is 46.5 Å². The summed E-state index contributed by atoms with van der Waals surface area (Å²) >= 11 is 0. The first-order valence-electron chi connectivity index (χ1n) is 10.3. The summed E-state index contributed by atoms with van der Waals surface area (Å²) in [6, 6.07) is 11.0. The average Bonchev–Trinajstić information content (AvgIpc) is 3.12. The van der Waals surface area contributed by atoms with Crippen molar-refractivity contribution in [3.63, 3.8) is 0 Å². The number of carbonyl (C=O) groups is 1. The van der Waals surface area contributed by atoms with Crippen LogP contribution in [0.3, 0.4) is 0 Å². The molecule has 4 aromatic rings. The Labute approximate surface area is 181 Å². The molecule has 0 radical (unpaired) electrons. The standard InChI is InChI=1S/C23H20F3N5O/c24-15-4-6-18(17(26)13-15)28-23(32)30-9-2-8-29(11-12-30)22-21-3-1-10-31(21)20-7-5-16(25)14-19(20)27-22/h1,3-7,10,13-14H,2,8-9,11-12H2,(H,28,32). The van der Waals surface area contributed by atoms with Crippen molar-refractivity contribution in [3.8, 4) is 0 Å². The van der Waals surface area contributed by atoms with E-state index in [-0.39, 0.29) is 11.5 Å². The Morgan fingerprint density at radius 2 is 1.72 bits per heavy atom. The van der Waals surface area contributed by atoms with Crippen molar-refractivity contribution in [2.24, 2.45) is 0 Å². The van der Waals surface area contributed by atoms with Gasteiger partial charge in [-0.2, -0.15) is 0 Å². The van der Waals surface area contributed by atoms with Crippen LogP contribution < -0.4 is 10.2 Å². The predicted octanol–water partition coefficient (Wildman–Crippen LogP) is 4.65. The minimum absolute atomic E-state index is 0.0642. The first kappa shape index (κ1) is 20.2. The van der Waals surface area contributed by atoms with Crippen LogP contribution in [0.5, 0.6) is 0 Å². The van der Waals surface area contributed by atoms with E-state index in [1.54, 1.807) is 11.0 Å². The van der Waals surface area contributed by atoms with Crippen LogP contribution in [0.2, 0.25) is 0 Å². The zero-order valence-electron chi connectivity index (χ0n) is 17.1. The summed E-state index contributed by atoms with van der Waals surface area (Å²) in [5.74, 6) is -1.16. The third-order valence-electron chi connectivity index (χ3n) is 5.66. The summed E-state index contributed by atoms with van der Waals surface area (Å²) in [5, 5.41) is 2.51. The van der Waals surface area contributed by atoms with E-state index in [1.807, 2.05) is 22.7 Å². The normalized spacial score (nSPS) is 14.7. The molecule has 32 heavy (non-hydrogen) atoms. The first-order chi connectivity index (χ1) is 15.5. The van der Waals surface area contributed by atoms with Crippen molar-refractivity contribution >= 4 is 34.1 Å². The lowest BCUT2D eigenvalue weighted by Crippen LogP contribution is -2.38. The van der Waals surface area contributed by atoms with Crippen molar-refractivity contribution < 1.29 is 18.0 Å². The van der Waals surface area contributed by atoms with Gasteiger partial charge < -0.3 is 19.5 Å². The maximum Gasteiger partial charge on any atom is 0.321 e. The van der Waals surface area contributed by atoms with Crippen LogP contribution in [0.15, 0.2) is 54.7 Å². The topological polar surface area (TPSA) is 52.9 Å². The number of nitrogens with one attached hydrogen (secondary N) is 1. The lowest BCUT2D eigenvalue weighted by molar-refractivity contribution is 0.215. The number of amides is 2. The molecule has 1 fully saturated rings. The summed E-state index contributed by atoms with van der Waals surface area (Å²) in [7, 11) is 0. The molecule has 6 nitrogen and oxygen atoms in total. The Kier molecular flexibility index (Phi) is 5.08. The molecule has 1 saturated heterocycles. The third kappa shape index (κ3) is 3.70. The zero-order chi connectivity index (χ0) is 22.2. The summed E-state index contributed by atoms with van der Waals surface area (Å²) in [5.41, 5.74) is 2.20. The van der Waals surface area contributed by atoms with Gasteiger partial charge in [0, 0.05) is 44.5 Å².